The number of carboxylic acid groups (broad SMARTS) is 1. The van der Waals surface area contributed by atoms with Crippen LogP contribution in [0.25, 0.3) is 0 Å². The van der Waals surface area contributed by atoms with E-state index in [2.05, 4.69) is 10.3 Å². The Morgan fingerprint density at radius 1 is 1.50 bits per heavy atom. The van der Waals surface area contributed by atoms with Crippen molar-refractivity contribution in [3.05, 3.63) is 40.2 Å². The zero-order valence-corrected chi connectivity index (χ0v) is 10.1. The molecule has 6 nitrogen and oxygen atoms in total. The van der Waals surface area contributed by atoms with Gasteiger partial charge in [-0.05, 0) is 6.07 Å². The molecular formula is C11H10N2O4S. The van der Waals surface area contributed by atoms with Gasteiger partial charge in [0.2, 0.25) is 5.76 Å². The summed E-state index contributed by atoms with van der Waals surface area (Å²) >= 11 is 1.50. The van der Waals surface area contributed by atoms with Crippen LogP contribution in [0.2, 0.25) is 0 Å². The lowest BCUT2D eigenvalue weighted by Gasteiger charge is -2.02. The first kappa shape index (κ1) is 12.3. The van der Waals surface area contributed by atoms with E-state index in [-0.39, 0.29) is 11.3 Å². The number of rotatable bonds is 5. The minimum atomic E-state index is -1.19. The molecule has 0 atom stereocenters. The third-order valence-corrected chi connectivity index (χ3v) is 3.05. The molecule has 0 saturated carbocycles. The van der Waals surface area contributed by atoms with Crippen molar-refractivity contribution >= 4 is 23.2 Å². The average Bonchev–Trinajstić information content (AvgIpc) is 2.99. The van der Waals surface area contributed by atoms with Gasteiger partial charge in [-0.15, -0.1) is 11.3 Å². The summed E-state index contributed by atoms with van der Waals surface area (Å²) < 4.78 is 4.87. The lowest BCUT2D eigenvalue weighted by Crippen LogP contribution is -2.26. The number of carbonyl (C=O) groups excluding carboxylic acids is 1. The highest BCUT2D eigenvalue weighted by Gasteiger charge is 2.19. The summed E-state index contributed by atoms with van der Waals surface area (Å²) in [5.41, 5.74) is -0.137. The van der Waals surface area contributed by atoms with Gasteiger partial charge in [0.25, 0.3) is 5.91 Å². The first-order valence-corrected chi connectivity index (χ1v) is 6.04. The molecule has 94 valence electrons. The van der Waals surface area contributed by atoms with E-state index in [1.807, 2.05) is 5.38 Å². The van der Waals surface area contributed by atoms with Crippen molar-refractivity contribution < 1.29 is 19.1 Å². The lowest BCUT2D eigenvalue weighted by atomic mass is 10.2. The van der Waals surface area contributed by atoms with Gasteiger partial charge in [-0.1, -0.05) is 0 Å². The van der Waals surface area contributed by atoms with Crippen LogP contribution in [-0.4, -0.2) is 28.5 Å². The summed E-state index contributed by atoms with van der Waals surface area (Å²) in [6, 6.07) is 1.25. The fourth-order valence-corrected chi connectivity index (χ4v) is 2.01. The van der Waals surface area contributed by atoms with Crippen LogP contribution in [0.5, 0.6) is 0 Å². The Labute approximate surface area is 106 Å². The SMILES string of the molecule is O=C(O)c1ccoc1C(=O)NCCc1nccs1. The largest absolute Gasteiger partial charge is 0.478 e. The summed E-state index contributed by atoms with van der Waals surface area (Å²) in [4.78, 5) is 26.5. The summed E-state index contributed by atoms with van der Waals surface area (Å²) in [6.45, 7) is 0.381. The van der Waals surface area contributed by atoms with Gasteiger partial charge >= 0.3 is 5.97 Å². The van der Waals surface area contributed by atoms with Crippen LogP contribution in [-0.2, 0) is 6.42 Å². The highest BCUT2D eigenvalue weighted by atomic mass is 32.1. The molecule has 0 aromatic carbocycles. The van der Waals surface area contributed by atoms with Gasteiger partial charge in [0.1, 0.15) is 5.56 Å². The Balaban J connectivity index is 1.91. The summed E-state index contributed by atoms with van der Waals surface area (Å²) in [5.74, 6) is -1.90. The predicted octanol–water partition coefficient (Wildman–Crippen LogP) is 1.41. The van der Waals surface area contributed by atoms with Gasteiger partial charge in [-0.2, -0.15) is 0 Å². The molecule has 0 saturated heterocycles. The minimum Gasteiger partial charge on any atom is -0.478 e. The molecule has 2 aromatic rings. The van der Waals surface area contributed by atoms with Crippen LogP contribution in [0.15, 0.2) is 28.3 Å². The summed E-state index contributed by atoms with van der Waals surface area (Å²) in [6.07, 6.45) is 3.47. The predicted molar refractivity (Wildman–Crippen MR) is 63.8 cm³/mol. The van der Waals surface area contributed by atoms with Crippen molar-refractivity contribution in [3.8, 4) is 0 Å². The number of hydrogen-bond acceptors (Lipinski definition) is 5. The number of nitrogens with zero attached hydrogens (tertiary/aromatic N) is 1. The zero-order chi connectivity index (χ0) is 13.0. The third kappa shape index (κ3) is 2.75. The van der Waals surface area contributed by atoms with Gasteiger partial charge in [-0.3, -0.25) is 4.79 Å². The summed E-state index contributed by atoms with van der Waals surface area (Å²) in [5, 5.41) is 14.2. The van der Waals surface area contributed by atoms with E-state index in [9.17, 15) is 9.59 Å². The van der Waals surface area contributed by atoms with Crippen LogP contribution in [0, 0.1) is 0 Å². The monoisotopic (exact) mass is 266 g/mol. The second-order valence-electron chi connectivity index (χ2n) is 3.40. The van der Waals surface area contributed by atoms with Crippen molar-refractivity contribution in [3.63, 3.8) is 0 Å². The standard InChI is InChI=1S/C11H10N2O4S/c14-10(9-7(11(15)16)2-5-17-9)13-3-1-8-12-4-6-18-8/h2,4-6H,1,3H2,(H,13,14)(H,15,16). The van der Waals surface area contributed by atoms with Crippen molar-refractivity contribution in [2.24, 2.45) is 0 Å². The molecule has 0 unspecified atom stereocenters. The van der Waals surface area contributed by atoms with Crippen molar-refractivity contribution in [2.75, 3.05) is 6.54 Å². The Bertz CT molecular complexity index is 547. The fourth-order valence-electron chi connectivity index (χ4n) is 1.39. The number of furan rings is 1. The molecule has 0 aliphatic rings. The maximum Gasteiger partial charge on any atom is 0.339 e. The van der Waals surface area contributed by atoms with Crippen molar-refractivity contribution in [1.29, 1.82) is 0 Å². The number of carboxylic acids is 1. The molecule has 2 rings (SSSR count). The van der Waals surface area contributed by atoms with Crippen molar-refractivity contribution in [1.82, 2.24) is 10.3 Å². The van der Waals surface area contributed by atoms with Gasteiger partial charge in [0.15, 0.2) is 0 Å². The third-order valence-electron chi connectivity index (χ3n) is 2.21. The highest BCUT2D eigenvalue weighted by molar-refractivity contribution is 7.09. The fraction of sp³-hybridized carbons (Fsp3) is 0.182. The topological polar surface area (TPSA) is 92.4 Å². The van der Waals surface area contributed by atoms with Gasteiger partial charge < -0.3 is 14.8 Å². The van der Waals surface area contributed by atoms with Gasteiger partial charge in [-0.25, -0.2) is 9.78 Å². The van der Waals surface area contributed by atoms with Gasteiger partial charge in [0, 0.05) is 24.5 Å². The lowest BCUT2D eigenvalue weighted by molar-refractivity contribution is 0.0688. The Morgan fingerprint density at radius 3 is 3.00 bits per heavy atom. The maximum absolute atomic E-state index is 11.7. The normalized spacial score (nSPS) is 10.2. The number of thiazole rings is 1. The molecule has 0 aliphatic heterocycles. The van der Waals surface area contributed by atoms with E-state index >= 15 is 0 Å². The summed E-state index contributed by atoms with van der Waals surface area (Å²) in [7, 11) is 0. The second kappa shape index (κ2) is 5.46. The zero-order valence-electron chi connectivity index (χ0n) is 9.25. The molecule has 0 spiro atoms. The first-order valence-electron chi connectivity index (χ1n) is 5.16. The Morgan fingerprint density at radius 2 is 2.33 bits per heavy atom. The number of amides is 1. The highest BCUT2D eigenvalue weighted by Crippen LogP contribution is 2.10. The van der Waals surface area contributed by atoms with E-state index < -0.39 is 11.9 Å². The molecule has 0 bridgehead atoms. The van der Waals surface area contributed by atoms with Crippen LogP contribution >= 0.6 is 11.3 Å². The van der Waals surface area contributed by atoms with Crippen LogP contribution in [0.1, 0.15) is 25.9 Å². The van der Waals surface area contributed by atoms with Crippen LogP contribution in [0.4, 0.5) is 0 Å². The van der Waals surface area contributed by atoms with E-state index in [0.717, 1.165) is 5.01 Å². The van der Waals surface area contributed by atoms with Crippen LogP contribution in [0.3, 0.4) is 0 Å². The molecule has 2 aromatic heterocycles. The van der Waals surface area contributed by atoms with Crippen LogP contribution < -0.4 is 5.32 Å². The van der Waals surface area contributed by atoms with E-state index in [4.69, 9.17) is 9.52 Å². The Kier molecular flexibility index (Phi) is 3.73. The molecule has 0 aliphatic carbocycles. The molecule has 0 radical (unpaired) electrons. The minimum absolute atomic E-state index is 0.137. The molecule has 1 amide bonds. The van der Waals surface area contributed by atoms with Crippen molar-refractivity contribution in [2.45, 2.75) is 6.42 Å². The number of aromatic nitrogens is 1. The first-order chi connectivity index (χ1) is 8.68. The molecular weight excluding hydrogens is 256 g/mol. The molecule has 0 fully saturated rings. The number of nitrogens with one attached hydrogen (secondary N) is 1. The van der Waals surface area contributed by atoms with E-state index in [1.54, 1.807) is 6.20 Å². The molecule has 18 heavy (non-hydrogen) atoms. The second-order valence-corrected chi connectivity index (χ2v) is 4.38. The average molecular weight is 266 g/mol. The quantitative estimate of drug-likeness (QED) is 0.853. The van der Waals surface area contributed by atoms with E-state index in [1.165, 1.54) is 23.7 Å². The molecule has 7 heteroatoms. The van der Waals surface area contributed by atoms with Gasteiger partial charge in [0.05, 0.1) is 11.3 Å². The molecule has 2 N–H and O–H groups in total. The Hall–Kier alpha value is -2.15. The molecule has 2 heterocycles. The number of aromatic carboxylic acids is 1. The maximum atomic E-state index is 11.7. The number of carbonyl (C=O) groups is 2. The van der Waals surface area contributed by atoms with E-state index in [0.29, 0.717) is 13.0 Å². The smallest absolute Gasteiger partial charge is 0.339 e. The number of hydrogen-bond donors (Lipinski definition) is 2.